The molecular formula is C16H24FN3O. The third kappa shape index (κ3) is 4.70. The van der Waals surface area contributed by atoms with Crippen LogP contribution in [0.5, 0.6) is 0 Å². The van der Waals surface area contributed by atoms with Crippen molar-refractivity contribution in [1.29, 1.82) is 0 Å². The van der Waals surface area contributed by atoms with Crippen molar-refractivity contribution in [2.75, 3.05) is 23.8 Å². The van der Waals surface area contributed by atoms with E-state index in [1.165, 1.54) is 18.9 Å². The molecule has 0 bridgehead atoms. The fraction of sp³-hybridized carbons (Fsp3) is 0.562. The topological polar surface area (TPSA) is 44.4 Å². The van der Waals surface area contributed by atoms with Crippen LogP contribution in [-0.4, -0.2) is 31.6 Å². The molecule has 1 amide bonds. The van der Waals surface area contributed by atoms with E-state index in [4.69, 9.17) is 0 Å². The molecule has 1 aliphatic rings. The Labute approximate surface area is 125 Å². The second-order valence-electron chi connectivity index (χ2n) is 5.90. The number of hydrogen-bond donors (Lipinski definition) is 2. The van der Waals surface area contributed by atoms with Gasteiger partial charge in [0.15, 0.2) is 0 Å². The highest BCUT2D eigenvalue weighted by atomic mass is 19.1. The lowest BCUT2D eigenvalue weighted by atomic mass is 10.2. The van der Waals surface area contributed by atoms with Gasteiger partial charge in [0.2, 0.25) is 5.91 Å². The summed E-state index contributed by atoms with van der Waals surface area (Å²) in [6.45, 7) is 4.68. The third-order valence-corrected chi connectivity index (χ3v) is 3.75. The standard InChI is InChI=1S/C16H24FN3O/c1-11(2)20(3)15-7-6-13(10-14(15)17)19-16(21)8-9-18-12-4-5-12/h6-7,10-12,18H,4-5,8-9H2,1-3H3,(H,19,21). The number of carbonyl (C=O) groups is 1. The smallest absolute Gasteiger partial charge is 0.225 e. The first-order chi connectivity index (χ1) is 9.97. The zero-order valence-corrected chi connectivity index (χ0v) is 12.9. The second-order valence-corrected chi connectivity index (χ2v) is 5.90. The Bertz CT molecular complexity index is 500. The molecule has 116 valence electrons. The van der Waals surface area contributed by atoms with E-state index >= 15 is 0 Å². The first kappa shape index (κ1) is 15.8. The van der Waals surface area contributed by atoms with Gasteiger partial charge in [-0.15, -0.1) is 0 Å². The summed E-state index contributed by atoms with van der Waals surface area (Å²) >= 11 is 0. The normalized spacial score (nSPS) is 14.3. The van der Waals surface area contributed by atoms with E-state index in [0.717, 1.165) is 0 Å². The fourth-order valence-corrected chi connectivity index (χ4v) is 2.05. The molecule has 1 aromatic carbocycles. The van der Waals surface area contributed by atoms with Crippen molar-refractivity contribution in [3.8, 4) is 0 Å². The summed E-state index contributed by atoms with van der Waals surface area (Å²) in [5, 5.41) is 6.01. The maximum absolute atomic E-state index is 14.1. The van der Waals surface area contributed by atoms with Gasteiger partial charge in [0, 0.05) is 37.8 Å². The molecule has 2 N–H and O–H groups in total. The average molecular weight is 293 g/mol. The largest absolute Gasteiger partial charge is 0.370 e. The van der Waals surface area contributed by atoms with Gasteiger partial charge in [0.05, 0.1) is 5.69 Å². The number of hydrogen-bond acceptors (Lipinski definition) is 3. The summed E-state index contributed by atoms with van der Waals surface area (Å²) in [5.74, 6) is -0.410. The summed E-state index contributed by atoms with van der Waals surface area (Å²) in [6, 6.07) is 5.63. The molecule has 0 atom stereocenters. The minimum atomic E-state index is -0.319. The molecule has 0 heterocycles. The predicted octanol–water partition coefficient (Wildman–Crippen LogP) is 2.75. The highest BCUT2D eigenvalue weighted by Crippen LogP contribution is 2.23. The van der Waals surface area contributed by atoms with Crippen LogP contribution in [0.25, 0.3) is 0 Å². The van der Waals surface area contributed by atoms with E-state index in [9.17, 15) is 9.18 Å². The monoisotopic (exact) mass is 293 g/mol. The van der Waals surface area contributed by atoms with Crippen molar-refractivity contribution < 1.29 is 9.18 Å². The van der Waals surface area contributed by atoms with Crippen LogP contribution in [-0.2, 0) is 4.79 Å². The number of anilines is 2. The van der Waals surface area contributed by atoms with Crippen LogP contribution in [0.3, 0.4) is 0 Å². The highest BCUT2D eigenvalue weighted by Gasteiger charge is 2.20. The van der Waals surface area contributed by atoms with Gasteiger partial charge in [0.25, 0.3) is 0 Å². The summed E-state index contributed by atoms with van der Waals surface area (Å²) in [7, 11) is 1.85. The fourth-order valence-electron chi connectivity index (χ4n) is 2.05. The number of amides is 1. The van der Waals surface area contributed by atoms with Crippen LogP contribution in [0.2, 0.25) is 0 Å². The van der Waals surface area contributed by atoms with Gasteiger partial charge in [-0.3, -0.25) is 4.79 Å². The van der Waals surface area contributed by atoms with E-state index in [1.54, 1.807) is 12.1 Å². The van der Waals surface area contributed by atoms with Crippen LogP contribution in [0, 0.1) is 5.82 Å². The lowest BCUT2D eigenvalue weighted by Crippen LogP contribution is -2.26. The molecule has 1 saturated carbocycles. The van der Waals surface area contributed by atoms with Gasteiger partial charge in [-0.2, -0.15) is 0 Å². The summed E-state index contributed by atoms with van der Waals surface area (Å²) in [6.07, 6.45) is 2.82. The number of benzene rings is 1. The van der Waals surface area contributed by atoms with Crippen LogP contribution >= 0.6 is 0 Å². The summed E-state index contributed by atoms with van der Waals surface area (Å²) in [4.78, 5) is 13.6. The summed E-state index contributed by atoms with van der Waals surface area (Å²) < 4.78 is 14.1. The van der Waals surface area contributed by atoms with E-state index in [2.05, 4.69) is 10.6 Å². The maximum atomic E-state index is 14.1. The SMILES string of the molecule is CC(C)N(C)c1ccc(NC(=O)CCNC2CC2)cc1F. The van der Waals surface area contributed by atoms with Gasteiger partial charge in [-0.05, 0) is 44.9 Å². The zero-order valence-electron chi connectivity index (χ0n) is 12.9. The Morgan fingerprint density at radius 1 is 1.43 bits per heavy atom. The van der Waals surface area contributed by atoms with E-state index < -0.39 is 0 Å². The number of carbonyl (C=O) groups excluding carboxylic acids is 1. The second kappa shape index (κ2) is 6.89. The number of rotatable bonds is 7. The van der Waals surface area contributed by atoms with Crippen molar-refractivity contribution >= 4 is 17.3 Å². The molecule has 1 aromatic rings. The minimum Gasteiger partial charge on any atom is -0.370 e. The van der Waals surface area contributed by atoms with Crippen LogP contribution in [0.4, 0.5) is 15.8 Å². The summed E-state index contributed by atoms with van der Waals surface area (Å²) in [5.41, 5.74) is 1.04. The Kier molecular flexibility index (Phi) is 5.17. The van der Waals surface area contributed by atoms with Crippen molar-refractivity contribution in [3.05, 3.63) is 24.0 Å². The van der Waals surface area contributed by atoms with Gasteiger partial charge in [0.1, 0.15) is 5.82 Å². The molecule has 4 nitrogen and oxygen atoms in total. The molecular weight excluding hydrogens is 269 g/mol. The molecule has 2 rings (SSSR count). The molecule has 0 radical (unpaired) electrons. The van der Waals surface area contributed by atoms with Crippen molar-refractivity contribution in [1.82, 2.24) is 5.32 Å². The van der Waals surface area contributed by atoms with Crippen molar-refractivity contribution in [2.24, 2.45) is 0 Å². The first-order valence-corrected chi connectivity index (χ1v) is 7.53. The Hall–Kier alpha value is -1.62. The van der Waals surface area contributed by atoms with Gasteiger partial charge < -0.3 is 15.5 Å². The molecule has 5 heteroatoms. The zero-order chi connectivity index (χ0) is 15.4. The lowest BCUT2D eigenvalue weighted by Gasteiger charge is -2.24. The average Bonchev–Trinajstić information content (AvgIpc) is 3.22. The van der Waals surface area contributed by atoms with E-state index in [1.807, 2.05) is 25.8 Å². The Morgan fingerprint density at radius 3 is 2.71 bits per heavy atom. The van der Waals surface area contributed by atoms with Crippen molar-refractivity contribution in [3.63, 3.8) is 0 Å². The molecule has 1 aliphatic carbocycles. The van der Waals surface area contributed by atoms with Gasteiger partial charge in [-0.25, -0.2) is 4.39 Å². The Balaban J connectivity index is 1.88. The molecule has 0 aliphatic heterocycles. The third-order valence-electron chi connectivity index (χ3n) is 3.75. The Morgan fingerprint density at radius 2 is 2.14 bits per heavy atom. The molecule has 0 unspecified atom stereocenters. The van der Waals surface area contributed by atoms with Crippen LogP contribution < -0.4 is 15.5 Å². The molecule has 0 aromatic heterocycles. The first-order valence-electron chi connectivity index (χ1n) is 7.53. The minimum absolute atomic E-state index is 0.0903. The van der Waals surface area contributed by atoms with Gasteiger partial charge >= 0.3 is 0 Å². The van der Waals surface area contributed by atoms with Gasteiger partial charge in [-0.1, -0.05) is 0 Å². The van der Waals surface area contributed by atoms with Crippen molar-refractivity contribution in [2.45, 2.75) is 45.2 Å². The molecule has 0 saturated heterocycles. The number of nitrogens with zero attached hydrogens (tertiary/aromatic N) is 1. The molecule has 21 heavy (non-hydrogen) atoms. The number of nitrogens with one attached hydrogen (secondary N) is 2. The molecule has 1 fully saturated rings. The quantitative estimate of drug-likeness (QED) is 0.812. The lowest BCUT2D eigenvalue weighted by molar-refractivity contribution is -0.116. The van der Waals surface area contributed by atoms with E-state index in [0.29, 0.717) is 30.4 Å². The van der Waals surface area contributed by atoms with Crippen LogP contribution in [0.15, 0.2) is 18.2 Å². The molecule has 0 spiro atoms. The predicted molar refractivity (Wildman–Crippen MR) is 84.2 cm³/mol. The highest BCUT2D eigenvalue weighted by molar-refractivity contribution is 5.91. The van der Waals surface area contributed by atoms with E-state index in [-0.39, 0.29) is 17.8 Å². The van der Waals surface area contributed by atoms with Crippen LogP contribution in [0.1, 0.15) is 33.1 Å². The maximum Gasteiger partial charge on any atom is 0.225 e. The number of halogens is 1.